The molecule has 0 saturated carbocycles. The van der Waals surface area contributed by atoms with Crippen LogP contribution in [0.1, 0.15) is 130 Å². The summed E-state index contributed by atoms with van der Waals surface area (Å²) in [5, 5.41) is 16.7. The minimum Gasteiger partial charge on any atom is -0.481 e. The number of benzene rings is 3. The topological polar surface area (TPSA) is 250 Å². The second kappa shape index (κ2) is 34.0. The van der Waals surface area contributed by atoms with Gasteiger partial charge in [-0.3, -0.25) is 0 Å². The molecule has 6 saturated heterocycles. The van der Waals surface area contributed by atoms with Crippen molar-refractivity contribution in [1.29, 1.82) is 0 Å². The van der Waals surface area contributed by atoms with Crippen LogP contribution in [0.2, 0.25) is 15.1 Å². The number of H-pyrrole nitrogens is 3. The van der Waals surface area contributed by atoms with Gasteiger partial charge in [0.2, 0.25) is 17.6 Å². The first-order chi connectivity index (χ1) is 50.2. The number of aromatic carboxylic acids is 1. The van der Waals surface area contributed by atoms with Crippen LogP contribution in [0.25, 0.3) is 66.1 Å². The smallest absolute Gasteiger partial charge is 0.340 e. The highest BCUT2D eigenvalue weighted by atomic mass is 79.9. The van der Waals surface area contributed by atoms with E-state index in [1.807, 2.05) is 96.1 Å². The fraction of sp³-hybridized carbons (Fsp3) is 0.462. The van der Waals surface area contributed by atoms with Gasteiger partial charge in [0.25, 0.3) is 0 Å². The molecule has 0 radical (unpaired) electrons. The first-order valence-corrected chi connectivity index (χ1v) is 38.2. The predicted molar refractivity (Wildman–Crippen MR) is 419 cm³/mol. The van der Waals surface area contributed by atoms with Gasteiger partial charge in [-0.2, -0.15) is 9.97 Å². The summed E-state index contributed by atoms with van der Waals surface area (Å²) >= 11 is 32.6. The van der Waals surface area contributed by atoms with Crippen molar-refractivity contribution in [3.8, 4) is 51.0 Å². The summed E-state index contributed by atoms with van der Waals surface area (Å²) in [5.74, 6) is 1.44. The SMILES string of the molecule is C1CC2(CCOCC2)CN1.COc1nc(Br)ccc1-c1cc2c(C(=O)OC(C)(C)C)c[nH]c2cc1Cl.COc1nc(N2CCC3(CCOCC3)C2)ccc1-c1cc2c(C(=O)O)c[nH]c2cc1Cl.COc1nc(N2CCC3(CCOCC3)C2)ccc1-c1cc2c(C(=O)OC(C)(C)C)c[nH]c2cc1Cl.ClCCl. The van der Waals surface area contributed by atoms with Crippen molar-refractivity contribution in [2.75, 3.05) is 115 Å². The molecule has 0 aliphatic carbocycles. The average molecular weight is 1600 g/mol. The number of fused-ring (bicyclic) bond motifs is 3. The Kier molecular flexibility index (Phi) is 25.6. The van der Waals surface area contributed by atoms with Gasteiger partial charge in [-0.25, -0.2) is 19.4 Å². The maximum absolute atomic E-state index is 12.8. The fourth-order valence-corrected chi connectivity index (χ4v) is 15.7. The fourth-order valence-electron chi connectivity index (χ4n) is 14.7. The lowest BCUT2D eigenvalue weighted by atomic mass is 9.80. The van der Waals surface area contributed by atoms with Gasteiger partial charge in [0.05, 0.1) is 58.4 Å². The minimum absolute atomic E-state index is 0.194. The zero-order valence-electron chi connectivity index (χ0n) is 60.7. The maximum Gasteiger partial charge on any atom is 0.340 e. The number of carboxylic acids is 1. The lowest BCUT2D eigenvalue weighted by molar-refractivity contribution is 0.00592. The van der Waals surface area contributed by atoms with E-state index in [9.17, 15) is 19.5 Å². The Balaban J connectivity index is 0.000000146. The van der Waals surface area contributed by atoms with Crippen LogP contribution in [0.5, 0.6) is 17.6 Å². The summed E-state index contributed by atoms with van der Waals surface area (Å²) in [7, 11) is 4.76. The summed E-state index contributed by atoms with van der Waals surface area (Å²) in [6.07, 6.45) is 15.4. The molecule has 6 fully saturated rings. The zero-order chi connectivity index (χ0) is 75.0. The Hall–Kier alpha value is -7.09. The van der Waals surface area contributed by atoms with Gasteiger partial charge in [-0.05, 0) is 211 Å². The molecule has 3 aromatic carbocycles. The number of esters is 2. The highest BCUT2D eigenvalue weighted by Crippen LogP contribution is 2.47. The number of rotatable bonds is 11. The Morgan fingerprint density at radius 3 is 1.21 bits per heavy atom. The molecule has 0 amide bonds. The average Bonchev–Trinajstić information content (AvgIpc) is 1.75. The molecule has 12 heterocycles. The summed E-state index contributed by atoms with van der Waals surface area (Å²) in [6, 6.07) is 22.5. The molecule has 6 aliphatic heterocycles. The summed E-state index contributed by atoms with van der Waals surface area (Å²) in [5.41, 5.74) is 7.85. The van der Waals surface area contributed by atoms with Crippen LogP contribution >= 0.6 is 73.9 Å². The van der Waals surface area contributed by atoms with Gasteiger partial charge in [-0.15, -0.1) is 23.2 Å². The van der Waals surface area contributed by atoms with Crippen LogP contribution < -0.4 is 29.3 Å². The van der Waals surface area contributed by atoms with Gasteiger partial charge < -0.3 is 73.1 Å². The predicted octanol–water partition coefficient (Wildman–Crippen LogP) is 18.3. The molecule has 0 atom stereocenters. The summed E-state index contributed by atoms with van der Waals surface area (Å²) < 4.78 is 44.9. The minimum atomic E-state index is -0.990. The number of methoxy groups -OCH3 is 3. The molecule has 105 heavy (non-hydrogen) atoms. The van der Waals surface area contributed by atoms with Crippen molar-refractivity contribution in [2.24, 2.45) is 16.2 Å². The molecule has 21 nitrogen and oxygen atoms in total. The first kappa shape index (κ1) is 79.0. The quantitative estimate of drug-likeness (QED) is 0.0459. The normalized spacial score (nSPS) is 17.3. The Morgan fingerprint density at radius 1 is 0.505 bits per heavy atom. The molecule has 5 N–H and O–H groups in total. The van der Waals surface area contributed by atoms with Gasteiger partial charge in [0, 0.05) is 157 Å². The number of carbonyl (C=O) groups excluding carboxylic acids is 2. The van der Waals surface area contributed by atoms with Crippen molar-refractivity contribution in [3.05, 3.63) is 128 Å². The molecular weight excluding hydrogens is 1510 g/mol. The molecule has 9 aromatic rings. The van der Waals surface area contributed by atoms with Gasteiger partial charge in [0.1, 0.15) is 27.4 Å². The monoisotopic (exact) mass is 1600 g/mol. The molecule has 562 valence electrons. The summed E-state index contributed by atoms with van der Waals surface area (Å²) in [6.45, 7) is 22.7. The van der Waals surface area contributed by atoms with Crippen LogP contribution in [0.3, 0.4) is 0 Å². The largest absolute Gasteiger partial charge is 0.481 e. The number of hydrogen-bond donors (Lipinski definition) is 5. The number of alkyl halides is 2. The molecule has 27 heteroatoms. The number of aromatic nitrogens is 6. The molecule has 15 rings (SSSR count). The second-order valence-corrected chi connectivity index (χ2v) is 32.2. The number of nitrogens with zero attached hydrogens (tertiary/aromatic N) is 5. The Bertz CT molecular complexity index is 4570. The number of anilines is 2. The number of ether oxygens (including phenoxy) is 8. The van der Waals surface area contributed by atoms with Crippen molar-refractivity contribution in [3.63, 3.8) is 0 Å². The third kappa shape index (κ3) is 18.7. The van der Waals surface area contributed by atoms with E-state index in [0.29, 0.717) is 81.1 Å². The zero-order valence-corrected chi connectivity index (χ0v) is 66.0. The third-order valence-corrected chi connectivity index (χ3v) is 21.6. The van der Waals surface area contributed by atoms with E-state index in [1.54, 1.807) is 51.9 Å². The van der Waals surface area contributed by atoms with E-state index in [4.69, 9.17) is 106 Å². The number of halogens is 6. The molecule has 0 unspecified atom stereocenters. The molecular formula is C78H91BrCl5N9O12. The molecule has 6 aromatic heterocycles. The lowest BCUT2D eigenvalue weighted by Crippen LogP contribution is -2.33. The van der Waals surface area contributed by atoms with E-state index >= 15 is 0 Å². The standard InChI is InChI=1S/C27H32ClN3O4.C23H24ClN3O4.C19H18BrClN2O3.C8H15NO.CH2Cl2/c1-26(2,3)35-25(32)20-15-29-22-14-21(28)18(13-19(20)22)17-5-6-23(30-24(17)33-4)31-10-7-27(16-31)8-11-34-12-9-27;1-30-21-14(15-10-16-17(22(28)29)12-25-19(16)11-18(15)24)2-3-20(26-21)27-7-4-23(13-27)5-8-31-9-6-23;1-19(2,3)26-18(24)13-9-22-15-8-14(21)11(7-12(13)15)10-5-6-16(20)23-17(10)25-4;1-4-9-7-8(1)2-5-10-6-3-8;2-1-3/h5-6,13-15,29H,7-12,16H2,1-4H3;2-3,10-12,25H,4-9,13H2,1H3,(H,28,29);5-9,22H,1-4H3;9H,1-7H2;1H2. The number of pyridine rings is 3. The van der Waals surface area contributed by atoms with Crippen LogP contribution in [-0.2, 0) is 23.7 Å². The van der Waals surface area contributed by atoms with Crippen LogP contribution in [0.4, 0.5) is 11.6 Å². The summed E-state index contributed by atoms with van der Waals surface area (Å²) in [4.78, 5) is 64.6. The van der Waals surface area contributed by atoms with E-state index in [0.717, 1.165) is 166 Å². The van der Waals surface area contributed by atoms with Gasteiger partial charge in [-0.1, -0.05) is 34.8 Å². The van der Waals surface area contributed by atoms with Crippen LogP contribution in [-0.4, -0.2) is 170 Å². The molecule has 6 aliphatic rings. The van der Waals surface area contributed by atoms with Crippen LogP contribution in [0.15, 0.2) is 96.0 Å². The van der Waals surface area contributed by atoms with E-state index in [-0.39, 0.29) is 16.9 Å². The first-order valence-electron chi connectivity index (χ1n) is 35.2. The number of aromatic amines is 3. The Labute approximate surface area is 645 Å². The number of carbonyl (C=O) groups is 3. The van der Waals surface area contributed by atoms with Crippen molar-refractivity contribution in [2.45, 2.75) is 111 Å². The van der Waals surface area contributed by atoms with E-state index < -0.39 is 23.1 Å². The van der Waals surface area contributed by atoms with Crippen molar-refractivity contribution >= 4 is 136 Å². The van der Waals surface area contributed by atoms with Crippen molar-refractivity contribution in [1.82, 2.24) is 35.2 Å². The van der Waals surface area contributed by atoms with E-state index in [2.05, 4.69) is 51.0 Å². The highest BCUT2D eigenvalue weighted by molar-refractivity contribution is 9.10. The van der Waals surface area contributed by atoms with Crippen LogP contribution in [0, 0.1) is 16.2 Å². The molecule has 3 spiro atoms. The Morgan fingerprint density at radius 2 is 0.857 bits per heavy atom. The number of carboxylic acid groups (broad SMARTS) is 1. The van der Waals surface area contributed by atoms with E-state index in [1.165, 1.54) is 38.5 Å². The third-order valence-electron chi connectivity index (χ3n) is 20.3. The number of nitrogens with one attached hydrogen (secondary N) is 4. The van der Waals surface area contributed by atoms with Gasteiger partial charge >= 0.3 is 17.9 Å². The number of hydrogen-bond acceptors (Lipinski definition) is 17. The maximum atomic E-state index is 12.8. The second-order valence-electron chi connectivity index (χ2n) is 29.4. The van der Waals surface area contributed by atoms with Gasteiger partial charge in [0.15, 0.2) is 0 Å². The van der Waals surface area contributed by atoms with Crippen molar-refractivity contribution < 1.29 is 57.4 Å². The highest BCUT2D eigenvalue weighted by Gasteiger charge is 2.42. The lowest BCUT2D eigenvalue weighted by Gasteiger charge is -2.33. The molecule has 0 bridgehead atoms.